The molecule has 0 saturated carbocycles. The summed E-state index contributed by atoms with van der Waals surface area (Å²) in [5.41, 5.74) is 17.9. The first kappa shape index (κ1) is 26.1. The van der Waals surface area contributed by atoms with Crippen molar-refractivity contribution in [1.82, 2.24) is 15.6 Å². The number of guanidine groups is 1. The number of nitrogens with two attached hydrogens (primary N) is 3. The van der Waals surface area contributed by atoms with Crippen LogP contribution >= 0.6 is 0 Å². The monoisotopic (exact) mass is 475 g/mol. The summed E-state index contributed by atoms with van der Waals surface area (Å²) in [6.07, 6.45) is 1.53. The van der Waals surface area contributed by atoms with Gasteiger partial charge in [-0.25, -0.2) is 4.79 Å². The molecule has 184 valence electrons. The number of carboxylic acid groups (broad SMARTS) is 2. The van der Waals surface area contributed by atoms with Crippen LogP contribution in [-0.4, -0.2) is 69.6 Å². The number of nitrogens with one attached hydrogen (secondary N) is 3. The molecule has 1 heterocycles. The number of benzene rings is 1. The van der Waals surface area contributed by atoms with Gasteiger partial charge >= 0.3 is 11.9 Å². The van der Waals surface area contributed by atoms with E-state index in [0.29, 0.717) is 12.0 Å². The normalized spacial score (nSPS) is 13.4. The molecule has 0 aliphatic carbocycles. The molecule has 0 aliphatic heterocycles. The molecule has 1 aromatic heterocycles. The Hall–Kier alpha value is -4.13. The van der Waals surface area contributed by atoms with Gasteiger partial charge in [0, 0.05) is 30.1 Å². The lowest BCUT2D eigenvalue weighted by Gasteiger charge is -2.22. The number of aromatic nitrogens is 1. The van der Waals surface area contributed by atoms with Gasteiger partial charge in [-0.1, -0.05) is 18.2 Å². The van der Waals surface area contributed by atoms with Crippen LogP contribution in [0.25, 0.3) is 10.9 Å². The number of carbonyl (C=O) groups excluding carboxylic acids is 2. The van der Waals surface area contributed by atoms with Crippen LogP contribution in [0.1, 0.15) is 24.8 Å². The maximum absolute atomic E-state index is 12.9. The maximum Gasteiger partial charge on any atom is 0.326 e. The first-order valence-electron chi connectivity index (χ1n) is 10.5. The summed E-state index contributed by atoms with van der Waals surface area (Å²) in [6.45, 7) is 0.276. The van der Waals surface area contributed by atoms with Gasteiger partial charge in [-0.2, -0.15) is 0 Å². The van der Waals surface area contributed by atoms with Crippen molar-refractivity contribution < 1.29 is 29.4 Å². The zero-order valence-corrected chi connectivity index (χ0v) is 18.4. The van der Waals surface area contributed by atoms with Crippen LogP contribution < -0.4 is 27.8 Å². The fraction of sp³-hybridized carbons (Fsp3) is 0.381. The predicted molar refractivity (Wildman–Crippen MR) is 124 cm³/mol. The molecule has 0 bridgehead atoms. The minimum absolute atomic E-state index is 0.0156. The molecular weight excluding hydrogens is 446 g/mol. The van der Waals surface area contributed by atoms with Gasteiger partial charge in [0.05, 0.1) is 12.5 Å². The van der Waals surface area contributed by atoms with E-state index >= 15 is 0 Å². The Labute approximate surface area is 194 Å². The van der Waals surface area contributed by atoms with Crippen molar-refractivity contribution in [3.05, 3.63) is 36.0 Å². The third-order valence-corrected chi connectivity index (χ3v) is 5.03. The van der Waals surface area contributed by atoms with Crippen LogP contribution in [0.2, 0.25) is 0 Å². The van der Waals surface area contributed by atoms with Gasteiger partial charge in [-0.05, 0) is 24.5 Å². The molecule has 0 radical (unpaired) electrons. The summed E-state index contributed by atoms with van der Waals surface area (Å²) in [4.78, 5) is 54.8. The first-order valence-corrected chi connectivity index (χ1v) is 10.5. The van der Waals surface area contributed by atoms with Gasteiger partial charge in [-0.15, -0.1) is 0 Å². The SMILES string of the molecule is NC(N)=NCCC[C@H](N)C(=O)N[C@@H](Cc1c[nH]c2ccccc12)C(=O)N[C@@H](CC(=O)O)C(=O)O. The van der Waals surface area contributed by atoms with Crippen molar-refractivity contribution in [1.29, 1.82) is 0 Å². The van der Waals surface area contributed by atoms with Crippen LogP contribution in [-0.2, 0) is 25.6 Å². The summed E-state index contributed by atoms with van der Waals surface area (Å²) < 4.78 is 0. The molecule has 2 aromatic rings. The third kappa shape index (κ3) is 7.78. The van der Waals surface area contributed by atoms with E-state index in [1.165, 1.54) is 0 Å². The molecule has 1 aromatic carbocycles. The summed E-state index contributed by atoms with van der Waals surface area (Å²) in [5, 5.41) is 23.8. The number of aliphatic imine (C=N–C) groups is 1. The lowest BCUT2D eigenvalue weighted by atomic mass is 10.0. The average Bonchev–Trinajstić information content (AvgIpc) is 3.17. The zero-order chi connectivity index (χ0) is 25.3. The van der Waals surface area contributed by atoms with Crippen molar-refractivity contribution in [3.63, 3.8) is 0 Å². The summed E-state index contributed by atoms with van der Waals surface area (Å²) >= 11 is 0. The van der Waals surface area contributed by atoms with E-state index in [1.54, 1.807) is 6.20 Å². The Kier molecular flexibility index (Phi) is 9.38. The van der Waals surface area contributed by atoms with E-state index in [0.717, 1.165) is 10.9 Å². The molecule has 2 amide bonds. The Bertz CT molecular complexity index is 1060. The number of rotatable bonds is 13. The predicted octanol–water partition coefficient (Wildman–Crippen LogP) is -1.38. The topological polar surface area (TPSA) is 239 Å². The van der Waals surface area contributed by atoms with E-state index in [1.807, 2.05) is 24.3 Å². The average molecular weight is 476 g/mol. The highest BCUT2D eigenvalue weighted by Gasteiger charge is 2.30. The number of fused-ring (bicyclic) bond motifs is 1. The standard InChI is InChI=1S/C21H29N7O6/c22-13(5-3-7-25-21(23)24)18(31)27-15(19(32)28-16(20(33)34)9-17(29)30)8-11-10-26-14-6-2-1-4-12(11)14/h1-2,4,6,10,13,15-16,26H,3,5,7-9,22H2,(H,27,31)(H,28,32)(H,29,30)(H,33,34)(H4,23,24,25)/t13-,15-,16-/m0/s1. The number of amides is 2. The Morgan fingerprint density at radius 3 is 2.35 bits per heavy atom. The fourth-order valence-corrected chi connectivity index (χ4v) is 3.31. The summed E-state index contributed by atoms with van der Waals surface area (Å²) in [7, 11) is 0. The second kappa shape index (κ2) is 12.2. The van der Waals surface area contributed by atoms with E-state index < -0.39 is 48.3 Å². The molecule has 13 heteroatoms. The highest BCUT2D eigenvalue weighted by molar-refractivity contribution is 5.93. The largest absolute Gasteiger partial charge is 0.481 e. The van der Waals surface area contributed by atoms with Crippen LogP contribution in [0.4, 0.5) is 0 Å². The molecule has 0 fully saturated rings. The molecule has 34 heavy (non-hydrogen) atoms. The van der Waals surface area contributed by atoms with Crippen LogP contribution in [0, 0.1) is 0 Å². The first-order chi connectivity index (χ1) is 16.1. The number of para-hydroxylation sites is 1. The number of H-pyrrole nitrogens is 1. The van der Waals surface area contributed by atoms with Crippen molar-refractivity contribution in [2.45, 2.75) is 43.8 Å². The summed E-state index contributed by atoms with van der Waals surface area (Å²) in [5.74, 6) is -4.46. The molecule has 13 nitrogen and oxygen atoms in total. The second-order valence-electron chi connectivity index (χ2n) is 7.68. The van der Waals surface area contributed by atoms with Gasteiger partial charge in [0.2, 0.25) is 11.8 Å². The Morgan fingerprint density at radius 1 is 1.03 bits per heavy atom. The minimum Gasteiger partial charge on any atom is -0.481 e. The number of hydrogen-bond acceptors (Lipinski definition) is 6. The fourth-order valence-electron chi connectivity index (χ4n) is 3.31. The Balaban J connectivity index is 2.18. The van der Waals surface area contributed by atoms with Crippen molar-refractivity contribution in [3.8, 4) is 0 Å². The molecule has 0 saturated heterocycles. The number of aromatic amines is 1. The molecule has 0 spiro atoms. The van der Waals surface area contributed by atoms with Gasteiger partial charge in [0.1, 0.15) is 12.1 Å². The second-order valence-corrected chi connectivity index (χ2v) is 7.68. The molecule has 2 rings (SSSR count). The van der Waals surface area contributed by atoms with E-state index in [-0.39, 0.29) is 25.3 Å². The van der Waals surface area contributed by atoms with E-state index in [9.17, 15) is 24.3 Å². The third-order valence-electron chi connectivity index (χ3n) is 5.03. The lowest BCUT2D eigenvalue weighted by molar-refractivity contribution is -0.147. The number of carbonyl (C=O) groups is 4. The van der Waals surface area contributed by atoms with Crippen LogP contribution in [0.15, 0.2) is 35.5 Å². The number of carboxylic acids is 2. The van der Waals surface area contributed by atoms with Crippen LogP contribution in [0.3, 0.4) is 0 Å². The smallest absolute Gasteiger partial charge is 0.326 e. The number of aliphatic carboxylic acids is 2. The summed E-state index contributed by atoms with van der Waals surface area (Å²) in [6, 6.07) is 3.48. The minimum atomic E-state index is -1.67. The maximum atomic E-state index is 12.9. The van der Waals surface area contributed by atoms with E-state index in [2.05, 4.69) is 20.6 Å². The highest BCUT2D eigenvalue weighted by Crippen LogP contribution is 2.19. The van der Waals surface area contributed by atoms with Crippen molar-refractivity contribution in [2.24, 2.45) is 22.2 Å². The molecular formula is C21H29N7O6. The van der Waals surface area contributed by atoms with Crippen LogP contribution in [0.5, 0.6) is 0 Å². The highest BCUT2D eigenvalue weighted by atomic mass is 16.4. The van der Waals surface area contributed by atoms with Gasteiger partial charge in [0.15, 0.2) is 5.96 Å². The van der Waals surface area contributed by atoms with Crippen molar-refractivity contribution >= 4 is 40.6 Å². The molecule has 0 aliphatic rings. The number of hydrogen-bond donors (Lipinski definition) is 8. The number of nitrogens with zero attached hydrogens (tertiary/aromatic N) is 1. The van der Waals surface area contributed by atoms with E-state index in [4.69, 9.17) is 22.3 Å². The molecule has 0 unspecified atom stereocenters. The Morgan fingerprint density at radius 2 is 1.71 bits per heavy atom. The van der Waals surface area contributed by atoms with Crippen molar-refractivity contribution in [2.75, 3.05) is 6.54 Å². The quantitative estimate of drug-likeness (QED) is 0.0965. The van der Waals surface area contributed by atoms with Gasteiger partial charge in [-0.3, -0.25) is 19.4 Å². The molecule has 11 N–H and O–H groups in total. The van der Waals surface area contributed by atoms with Gasteiger partial charge in [0.25, 0.3) is 0 Å². The lowest BCUT2D eigenvalue weighted by Crippen LogP contribution is -2.55. The van der Waals surface area contributed by atoms with Gasteiger partial charge < -0.3 is 43.0 Å². The molecule has 3 atom stereocenters. The zero-order valence-electron chi connectivity index (χ0n) is 18.4.